The van der Waals surface area contributed by atoms with Crippen LogP contribution in [0.5, 0.6) is 11.6 Å². The number of fused-ring (bicyclic) bond motifs is 4. The van der Waals surface area contributed by atoms with E-state index in [2.05, 4.69) is 68.0 Å². The van der Waals surface area contributed by atoms with Gasteiger partial charge in [0.2, 0.25) is 20.9 Å². The quantitative estimate of drug-likeness (QED) is 0.0781. The average Bonchev–Trinajstić information content (AvgIpc) is 3.67. The van der Waals surface area contributed by atoms with Crippen LogP contribution in [0.4, 0.5) is 14.6 Å². The van der Waals surface area contributed by atoms with Gasteiger partial charge in [-0.05, 0) is 59.0 Å². The van der Waals surface area contributed by atoms with Crippen LogP contribution in [0.1, 0.15) is 59.9 Å². The Morgan fingerprint density at radius 3 is 2.27 bits per heavy atom. The van der Waals surface area contributed by atoms with E-state index in [1.807, 2.05) is 0 Å². The number of anilines is 1. The third kappa shape index (κ3) is 6.39. The van der Waals surface area contributed by atoms with Crippen molar-refractivity contribution in [3.05, 3.63) is 41.5 Å². The molecule has 1 aliphatic carbocycles. The summed E-state index contributed by atoms with van der Waals surface area (Å²) in [5.41, 5.74) is 4.07. The lowest BCUT2D eigenvalue weighted by Gasteiger charge is -2.38. The van der Waals surface area contributed by atoms with Gasteiger partial charge in [0, 0.05) is 30.9 Å². The highest BCUT2D eigenvalue weighted by atomic mass is 32.2. The van der Waals surface area contributed by atoms with Crippen LogP contribution in [-0.2, 0) is 14.6 Å². The van der Waals surface area contributed by atoms with E-state index in [4.69, 9.17) is 14.2 Å². The third-order valence-electron chi connectivity index (χ3n) is 10.9. The molecule has 1 saturated carbocycles. The van der Waals surface area contributed by atoms with Crippen molar-refractivity contribution in [3.63, 3.8) is 0 Å². The SMILES string of the molecule is COCOc1cc(-c2nc(OC)c3c(N4CC5CC(O)C4C5)nc(S(C)(=O)=O)nc3c2F)c2c(C#C[Si](C(C)C)(C(C)C)C(C)C)c(F)ccc2c1. The van der Waals surface area contributed by atoms with E-state index in [9.17, 15) is 13.5 Å². The zero-order valence-corrected chi connectivity index (χ0v) is 32.9. The van der Waals surface area contributed by atoms with E-state index in [1.54, 1.807) is 17.0 Å². The van der Waals surface area contributed by atoms with Crippen molar-refractivity contribution in [2.45, 2.75) is 88.3 Å². The first kappa shape index (κ1) is 37.8. The van der Waals surface area contributed by atoms with Gasteiger partial charge in [0.05, 0.1) is 24.8 Å². The number of aromatic nitrogens is 3. The number of hydrogen-bond donors (Lipinski definition) is 1. The standard InChI is InChI=1S/C38H46F2N4O6SSi/c1-20(2)52(21(3)4,22(5)6)13-12-26-28(39)11-10-24-16-25(50-19-48-7)17-27(31(24)26)34-33(40)35-32(37(41-34)49-8)36(43-38(42-35)51(9,46)47)44-18-23-14-29(44)30(45)15-23/h10-11,16-17,20-23,29-30,45H,14-15,18-19H2,1-9H3. The molecule has 1 N–H and O–H groups in total. The molecule has 1 saturated heterocycles. The van der Waals surface area contributed by atoms with Crippen LogP contribution in [0.3, 0.4) is 0 Å². The minimum Gasteiger partial charge on any atom is -0.480 e. The number of nitrogens with zero attached hydrogens (tertiary/aromatic N) is 4. The second-order valence-corrected chi connectivity index (χ2v) is 22.4. The highest BCUT2D eigenvalue weighted by Gasteiger charge is 2.46. The van der Waals surface area contributed by atoms with Gasteiger partial charge < -0.3 is 24.2 Å². The van der Waals surface area contributed by atoms with Gasteiger partial charge in [-0.25, -0.2) is 32.2 Å². The van der Waals surface area contributed by atoms with E-state index in [-0.39, 0.29) is 74.8 Å². The lowest BCUT2D eigenvalue weighted by Crippen LogP contribution is -2.43. The largest absolute Gasteiger partial charge is 0.480 e. The number of aliphatic hydroxyl groups excluding tert-OH is 1. The van der Waals surface area contributed by atoms with E-state index in [0.717, 1.165) is 6.26 Å². The van der Waals surface area contributed by atoms with Gasteiger partial charge in [-0.3, -0.25) is 0 Å². The fourth-order valence-electron chi connectivity index (χ4n) is 8.57. The first-order valence-electron chi connectivity index (χ1n) is 17.5. The molecule has 2 aromatic heterocycles. The Kier molecular flexibility index (Phi) is 10.3. The number of sulfone groups is 1. The van der Waals surface area contributed by atoms with Gasteiger partial charge in [-0.2, -0.15) is 0 Å². The summed E-state index contributed by atoms with van der Waals surface area (Å²) in [5.74, 6) is 2.22. The van der Waals surface area contributed by atoms with Crippen molar-refractivity contribution in [2.75, 3.05) is 38.7 Å². The molecule has 52 heavy (non-hydrogen) atoms. The number of benzene rings is 2. The third-order valence-corrected chi connectivity index (χ3v) is 18.0. The van der Waals surface area contributed by atoms with Crippen LogP contribution in [0.25, 0.3) is 32.9 Å². The van der Waals surface area contributed by atoms with Crippen LogP contribution in [0.15, 0.2) is 29.4 Å². The summed E-state index contributed by atoms with van der Waals surface area (Å²) in [7, 11) is -3.53. The summed E-state index contributed by atoms with van der Waals surface area (Å²) >= 11 is 0. The summed E-state index contributed by atoms with van der Waals surface area (Å²) in [6, 6.07) is 5.80. The highest BCUT2D eigenvalue weighted by Crippen LogP contribution is 2.46. The van der Waals surface area contributed by atoms with Crippen molar-refractivity contribution in [1.82, 2.24) is 15.0 Å². The summed E-state index contributed by atoms with van der Waals surface area (Å²) in [5, 5.41) is 11.1. The number of rotatable bonds is 10. The van der Waals surface area contributed by atoms with E-state index in [1.165, 1.54) is 26.4 Å². The fourth-order valence-corrected chi connectivity index (χ4v) is 14.3. The van der Waals surface area contributed by atoms with Gasteiger partial charge >= 0.3 is 0 Å². The summed E-state index contributed by atoms with van der Waals surface area (Å²) < 4.78 is 76.1. The molecule has 0 spiro atoms. The number of halogens is 2. The Labute approximate surface area is 304 Å². The van der Waals surface area contributed by atoms with Gasteiger partial charge in [0.15, 0.2) is 12.6 Å². The average molecular weight is 753 g/mol. The number of pyridine rings is 1. The number of hydrogen-bond acceptors (Lipinski definition) is 10. The second-order valence-electron chi connectivity index (χ2n) is 14.9. The molecule has 2 aliphatic rings. The Balaban J connectivity index is 1.71. The van der Waals surface area contributed by atoms with Crippen LogP contribution in [0, 0.1) is 29.0 Å². The Morgan fingerprint density at radius 2 is 1.69 bits per heavy atom. The molecule has 2 aromatic carbocycles. The van der Waals surface area contributed by atoms with E-state index in [0.29, 0.717) is 35.9 Å². The topological polar surface area (TPSA) is 124 Å². The number of methoxy groups -OCH3 is 2. The van der Waals surface area contributed by atoms with Crippen LogP contribution in [0.2, 0.25) is 16.6 Å². The molecule has 14 heteroatoms. The van der Waals surface area contributed by atoms with Crippen molar-refractivity contribution in [1.29, 1.82) is 0 Å². The van der Waals surface area contributed by atoms with Crippen molar-refractivity contribution < 1.29 is 36.5 Å². The maximum absolute atomic E-state index is 17.3. The highest BCUT2D eigenvalue weighted by molar-refractivity contribution is 7.90. The predicted molar refractivity (Wildman–Crippen MR) is 200 cm³/mol. The van der Waals surface area contributed by atoms with Crippen LogP contribution < -0.4 is 14.4 Å². The molecule has 0 amide bonds. The Bertz CT molecular complexity index is 2200. The van der Waals surface area contributed by atoms with Crippen molar-refractivity contribution >= 4 is 45.4 Å². The van der Waals surface area contributed by atoms with Crippen molar-refractivity contribution in [3.8, 4) is 34.4 Å². The van der Waals surface area contributed by atoms with Gasteiger partial charge in [0.1, 0.15) is 42.1 Å². The lowest BCUT2D eigenvalue weighted by atomic mass is 9.95. The minimum atomic E-state index is -4.03. The maximum Gasteiger partial charge on any atom is 0.249 e. The second kappa shape index (κ2) is 14.2. The first-order chi connectivity index (χ1) is 24.5. The smallest absolute Gasteiger partial charge is 0.249 e. The number of piperidine rings is 1. The van der Waals surface area contributed by atoms with Gasteiger partial charge in [-0.15, -0.1) is 5.54 Å². The Hall–Kier alpha value is -3.90. The van der Waals surface area contributed by atoms with Gasteiger partial charge in [0.25, 0.3) is 0 Å². The zero-order valence-electron chi connectivity index (χ0n) is 31.0. The molecule has 2 fully saturated rings. The van der Waals surface area contributed by atoms with E-state index < -0.39 is 40.8 Å². The molecular formula is C38H46F2N4O6SSi. The fraction of sp³-hybridized carbons (Fsp3) is 0.500. The van der Waals surface area contributed by atoms with Crippen LogP contribution in [-0.4, -0.2) is 82.5 Å². The molecule has 6 rings (SSSR count). The monoisotopic (exact) mass is 752 g/mol. The molecular weight excluding hydrogens is 707 g/mol. The number of aliphatic hydroxyl groups is 1. The molecule has 4 aromatic rings. The normalized spacial score (nSPS) is 19.0. The minimum absolute atomic E-state index is 0.0648. The number of ether oxygens (including phenoxy) is 3. The predicted octanol–water partition coefficient (Wildman–Crippen LogP) is 7.05. The molecule has 3 heterocycles. The zero-order chi connectivity index (χ0) is 37.9. The summed E-state index contributed by atoms with van der Waals surface area (Å²) in [6.45, 7) is 13.4. The van der Waals surface area contributed by atoms with Crippen LogP contribution >= 0.6 is 0 Å². The van der Waals surface area contributed by atoms with Gasteiger partial charge in [-0.1, -0.05) is 53.5 Å². The van der Waals surface area contributed by atoms with Crippen molar-refractivity contribution in [2.24, 2.45) is 5.92 Å². The summed E-state index contributed by atoms with van der Waals surface area (Å²) in [4.78, 5) is 15.1. The molecule has 0 radical (unpaired) electrons. The van der Waals surface area contributed by atoms with E-state index >= 15 is 8.78 Å². The lowest BCUT2D eigenvalue weighted by molar-refractivity contribution is 0.0512. The molecule has 2 bridgehead atoms. The first-order valence-corrected chi connectivity index (χ1v) is 21.7. The maximum atomic E-state index is 17.3. The molecule has 1 aliphatic heterocycles. The molecule has 278 valence electrons. The Morgan fingerprint density at radius 1 is 1.00 bits per heavy atom. The molecule has 3 unspecified atom stereocenters. The molecule has 10 nitrogen and oxygen atoms in total. The molecule has 3 atom stereocenters. The summed E-state index contributed by atoms with van der Waals surface area (Å²) in [6.07, 6.45) is 1.59.